The van der Waals surface area contributed by atoms with Gasteiger partial charge in [-0.25, -0.2) is 4.98 Å². The van der Waals surface area contributed by atoms with Crippen LogP contribution in [0.1, 0.15) is 33.8 Å². The van der Waals surface area contributed by atoms with Gasteiger partial charge in [-0.2, -0.15) is 4.98 Å². The topological polar surface area (TPSA) is 170 Å². The number of carbonyl (C=O) groups excluding carboxylic acids is 2. The Morgan fingerprint density at radius 1 is 1.28 bits per heavy atom. The number of hydrogen-bond donors (Lipinski definition) is 3. The van der Waals surface area contributed by atoms with Crippen molar-refractivity contribution in [1.82, 2.24) is 35.5 Å². The first-order valence-corrected chi connectivity index (χ1v) is 11.1. The molecule has 3 aromatic heterocycles. The second kappa shape index (κ2) is 11.5. The zero-order chi connectivity index (χ0) is 28.0. The van der Waals surface area contributed by atoms with Crippen LogP contribution in [-0.4, -0.2) is 82.4 Å². The summed E-state index contributed by atoms with van der Waals surface area (Å²) in [6.07, 6.45) is 1.65. The molecule has 0 bridgehead atoms. The van der Waals surface area contributed by atoms with Gasteiger partial charge >= 0.3 is 0 Å². The van der Waals surface area contributed by atoms with E-state index in [2.05, 4.69) is 40.9 Å². The highest BCUT2D eigenvalue weighted by Gasteiger charge is 2.22. The molecule has 4 rings (SSSR count). The van der Waals surface area contributed by atoms with Crippen molar-refractivity contribution >= 4 is 29.1 Å². The first-order chi connectivity index (χ1) is 18.7. The van der Waals surface area contributed by atoms with Crippen molar-refractivity contribution in [3.8, 4) is 17.1 Å². The molecular weight excluding hydrogens is 470 g/mol. The number of morpholine rings is 1. The van der Waals surface area contributed by atoms with Crippen molar-refractivity contribution < 1.29 is 27.7 Å². The van der Waals surface area contributed by atoms with Crippen molar-refractivity contribution in [2.45, 2.75) is 19.9 Å². The summed E-state index contributed by atoms with van der Waals surface area (Å²) in [5.41, 5.74) is 0.117. The Morgan fingerprint density at radius 2 is 2.11 bits per heavy atom. The molecule has 0 saturated carbocycles. The Bertz CT molecular complexity index is 1330. The molecule has 0 unspecified atom stereocenters. The third kappa shape index (κ3) is 5.72. The number of rotatable bonds is 9. The summed E-state index contributed by atoms with van der Waals surface area (Å²) in [4.78, 5) is 35.4. The lowest BCUT2D eigenvalue weighted by molar-refractivity contribution is -0.115. The van der Waals surface area contributed by atoms with E-state index < -0.39 is 12.9 Å². The Labute approximate surface area is 211 Å². The van der Waals surface area contributed by atoms with Crippen LogP contribution in [0.2, 0.25) is 0 Å². The maximum Gasteiger partial charge on any atom is 0.273 e. The predicted molar refractivity (Wildman–Crippen MR) is 128 cm³/mol. The molecular formula is C22H27N9O5. The molecule has 1 fully saturated rings. The third-order valence-electron chi connectivity index (χ3n) is 5.24. The van der Waals surface area contributed by atoms with Gasteiger partial charge in [0.25, 0.3) is 5.91 Å². The van der Waals surface area contributed by atoms with Crippen LogP contribution in [0, 0.1) is 0 Å². The van der Waals surface area contributed by atoms with Crippen molar-refractivity contribution in [2.75, 3.05) is 51.0 Å². The number of ether oxygens (including phenoxy) is 2. The molecule has 4 heterocycles. The Hall–Kier alpha value is -4.17. The molecule has 36 heavy (non-hydrogen) atoms. The summed E-state index contributed by atoms with van der Waals surface area (Å²) >= 11 is 0. The summed E-state index contributed by atoms with van der Waals surface area (Å²) < 4.78 is 38.4. The lowest BCUT2D eigenvalue weighted by atomic mass is 10.2. The first kappa shape index (κ1) is 21.1. The van der Waals surface area contributed by atoms with E-state index in [1.165, 1.54) is 19.4 Å². The summed E-state index contributed by atoms with van der Waals surface area (Å²) in [7, 11) is 1.42. The average molecular weight is 501 g/mol. The molecule has 14 heteroatoms. The van der Waals surface area contributed by atoms with Gasteiger partial charge in [0.05, 0.1) is 38.1 Å². The van der Waals surface area contributed by atoms with Crippen LogP contribution in [0.3, 0.4) is 0 Å². The van der Waals surface area contributed by atoms with E-state index in [1.54, 1.807) is 13.0 Å². The normalized spacial score (nSPS) is 15.3. The molecule has 14 nitrogen and oxygen atoms in total. The van der Waals surface area contributed by atoms with E-state index in [0.717, 1.165) is 13.1 Å². The minimum absolute atomic E-state index is 0.0159. The molecule has 190 valence electrons. The second-order valence-corrected chi connectivity index (χ2v) is 7.61. The average Bonchev–Trinajstić information content (AvgIpc) is 3.36. The fourth-order valence-electron chi connectivity index (χ4n) is 3.43. The van der Waals surface area contributed by atoms with E-state index in [4.69, 9.17) is 18.1 Å². The standard InChI is InChI=1S/C22H27N9O5/c1-4-16(32)26-15-11-14(18(29-28-15)22(33)23-2)25-21-19(34-3)13(5-6-24-21)20-27-17(36-30-20)12-31-7-9-35-10-8-31/h5-6,11H,4,7-10,12H2,1-3H3,(H,23,33)(H2,24,25,26,28,32)/i2D3. The van der Waals surface area contributed by atoms with Gasteiger partial charge in [0.15, 0.2) is 23.1 Å². The van der Waals surface area contributed by atoms with Crippen LogP contribution in [0.15, 0.2) is 22.9 Å². The molecule has 3 N–H and O–H groups in total. The third-order valence-corrected chi connectivity index (χ3v) is 5.24. The molecule has 0 aromatic carbocycles. The number of hydrogen-bond acceptors (Lipinski definition) is 12. The van der Waals surface area contributed by atoms with Gasteiger partial charge in [-0.1, -0.05) is 12.1 Å². The molecule has 0 aliphatic carbocycles. The monoisotopic (exact) mass is 500 g/mol. The van der Waals surface area contributed by atoms with Gasteiger partial charge in [-0.3, -0.25) is 14.5 Å². The van der Waals surface area contributed by atoms with E-state index in [0.29, 0.717) is 31.2 Å². The number of nitrogens with one attached hydrogen (secondary N) is 3. The van der Waals surface area contributed by atoms with Crippen molar-refractivity contribution in [2.24, 2.45) is 0 Å². The maximum atomic E-state index is 12.7. The van der Waals surface area contributed by atoms with Crippen LogP contribution in [-0.2, 0) is 16.1 Å². The van der Waals surface area contributed by atoms with Crippen LogP contribution < -0.4 is 20.7 Å². The second-order valence-electron chi connectivity index (χ2n) is 7.61. The molecule has 0 radical (unpaired) electrons. The molecule has 2 amide bonds. The smallest absolute Gasteiger partial charge is 0.273 e. The Morgan fingerprint density at radius 3 is 2.86 bits per heavy atom. The fraction of sp³-hybridized carbons (Fsp3) is 0.409. The zero-order valence-electron chi connectivity index (χ0n) is 22.7. The molecule has 3 aromatic rings. The van der Waals surface area contributed by atoms with Gasteiger partial charge in [-0.05, 0) is 6.07 Å². The first-order valence-electron chi connectivity index (χ1n) is 12.6. The van der Waals surface area contributed by atoms with Crippen LogP contribution in [0.4, 0.5) is 17.3 Å². The molecule has 1 aliphatic heterocycles. The van der Waals surface area contributed by atoms with Gasteiger partial charge in [0.2, 0.25) is 17.6 Å². The van der Waals surface area contributed by atoms with Crippen molar-refractivity contribution in [3.63, 3.8) is 0 Å². The molecule has 1 aliphatic rings. The highest BCUT2D eigenvalue weighted by molar-refractivity contribution is 5.99. The largest absolute Gasteiger partial charge is 0.492 e. The van der Waals surface area contributed by atoms with Crippen LogP contribution >= 0.6 is 0 Å². The lowest BCUT2D eigenvalue weighted by Gasteiger charge is -2.24. The Balaban J connectivity index is 1.65. The number of aromatic nitrogens is 5. The summed E-state index contributed by atoms with van der Waals surface area (Å²) in [6.45, 7) is 2.13. The van der Waals surface area contributed by atoms with E-state index >= 15 is 0 Å². The van der Waals surface area contributed by atoms with Crippen molar-refractivity contribution in [1.29, 1.82) is 0 Å². The molecule has 0 spiro atoms. The number of anilines is 3. The zero-order valence-corrected chi connectivity index (χ0v) is 19.7. The minimum Gasteiger partial charge on any atom is -0.492 e. The van der Waals surface area contributed by atoms with E-state index in [9.17, 15) is 9.59 Å². The predicted octanol–water partition coefficient (Wildman–Crippen LogP) is 1.21. The highest BCUT2D eigenvalue weighted by atomic mass is 16.5. The van der Waals surface area contributed by atoms with E-state index in [-0.39, 0.29) is 46.9 Å². The summed E-state index contributed by atoms with van der Waals surface area (Å²) in [5, 5.41) is 19.1. The van der Waals surface area contributed by atoms with Gasteiger partial charge in [0.1, 0.15) is 0 Å². The minimum atomic E-state index is -2.77. The molecule has 1 saturated heterocycles. The lowest BCUT2D eigenvalue weighted by Crippen LogP contribution is -2.35. The van der Waals surface area contributed by atoms with Crippen LogP contribution in [0.5, 0.6) is 5.75 Å². The van der Waals surface area contributed by atoms with Crippen molar-refractivity contribution in [3.05, 3.63) is 29.9 Å². The Kier molecular flexibility index (Phi) is 6.76. The van der Waals surface area contributed by atoms with Gasteiger partial charge < -0.3 is 29.9 Å². The summed E-state index contributed by atoms with van der Waals surface area (Å²) in [6, 6.07) is 2.96. The van der Waals surface area contributed by atoms with Gasteiger partial charge in [-0.15, -0.1) is 10.2 Å². The number of pyridine rings is 1. The van der Waals surface area contributed by atoms with Gasteiger partial charge in [0, 0.05) is 42.9 Å². The number of carbonyl (C=O) groups is 2. The number of amides is 2. The van der Waals surface area contributed by atoms with E-state index in [1.807, 2.05) is 5.32 Å². The highest BCUT2D eigenvalue weighted by Crippen LogP contribution is 2.35. The van der Waals surface area contributed by atoms with Crippen LogP contribution in [0.25, 0.3) is 11.4 Å². The quantitative estimate of drug-likeness (QED) is 0.384. The molecule has 0 atom stereocenters. The fourth-order valence-corrected chi connectivity index (χ4v) is 3.43. The SMILES string of the molecule is [2H]C([2H])([2H])NC(=O)c1nnc(NC(=O)CC)cc1Nc1nccc(-c2noc(CN3CCOCC3)n2)c1OC. The number of methoxy groups -OCH3 is 1. The maximum absolute atomic E-state index is 12.7. The number of nitrogens with zero attached hydrogens (tertiary/aromatic N) is 6. The summed E-state index contributed by atoms with van der Waals surface area (Å²) in [5.74, 6) is -0.288.